The van der Waals surface area contributed by atoms with Crippen molar-refractivity contribution in [3.05, 3.63) is 59.4 Å². The summed E-state index contributed by atoms with van der Waals surface area (Å²) in [6.45, 7) is 1.11. The monoisotopic (exact) mass is 361 g/mol. The molecule has 4 rings (SSSR count). The molecule has 0 amide bonds. The van der Waals surface area contributed by atoms with Gasteiger partial charge in [-0.1, -0.05) is 12.1 Å². The van der Waals surface area contributed by atoms with Gasteiger partial charge in [-0.05, 0) is 60.7 Å². The van der Waals surface area contributed by atoms with Crippen molar-refractivity contribution in [2.24, 2.45) is 0 Å². The van der Waals surface area contributed by atoms with Gasteiger partial charge in [0, 0.05) is 19.0 Å². The van der Waals surface area contributed by atoms with Crippen LogP contribution in [0.25, 0.3) is 0 Å². The minimum atomic E-state index is -3.56. The molecule has 0 N–H and O–H groups in total. The third kappa shape index (κ3) is 3.16. The maximum absolute atomic E-state index is 13.4. The van der Waals surface area contributed by atoms with E-state index in [2.05, 4.69) is 0 Å². The van der Waals surface area contributed by atoms with Crippen molar-refractivity contribution in [2.75, 3.05) is 13.2 Å². The predicted octanol–water partition coefficient (Wildman–Crippen LogP) is 3.16. The minimum absolute atomic E-state index is 0.128. The van der Waals surface area contributed by atoms with Crippen LogP contribution in [0.15, 0.2) is 47.4 Å². The SMILES string of the molecule is O=S(=O)(c1ccc2c(c1)CCO2)N1CCCC1Cc1cccc(F)c1. The number of benzene rings is 2. The van der Waals surface area contributed by atoms with Crippen LogP contribution in [-0.4, -0.2) is 31.9 Å². The Bertz CT molecular complexity index is 897. The molecule has 25 heavy (non-hydrogen) atoms. The largest absolute Gasteiger partial charge is 0.493 e. The van der Waals surface area contributed by atoms with Gasteiger partial charge in [0.1, 0.15) is 11.6 Å². The van der Waals surface area contributed by atoms with Crippen molar-refractivity contribution in [2.45, 2.75) is 36.6 Å². The van der Waals surface area contributed by atoms with Crippen LogP contribution in [0, 0.1) is 5.82 Å². The van der Waals surface area contributed by atoms with Crippen LogP contribution >= 0.6 is 0 Å². The molecule has 1 saturated heterocycles. The predicted molar refractivity (Wildman–Crippen MR) is 92.7 cm³/mol. The average Bonchev–Trinajstić information content (AvgIpc) is 3.23. The quantitative estimate of drug-likeness (QED) is 0.840. The fourth-order valence-corrected chi connectivity index (χ4v) is 5.47. The molecule has 1 fully saturated rings. The van der Waals surface area contributed by atoms with E-state index in [1.54, 1.807) is 28.6 Å². The number of rotatable bonds is 4. The summed E-state index contributed by atoms with van der Waals surface area (Å²) in [7, 11) is -3.56. The van der Waals surface area contributed by atoms with Gasteiger partial charge in [0.2, 0.25) is 10.0 Å². The van der Waals surface area contributed by atoms with E-state index in [1.165, 1.54) is 12.1 Å². The Hall–Kier alpha value is -1.92. The molecular formula is C19H20FNO3S. The van der Waals surface area contributed by atoms with E-state index in [0.717, 1.165) is 36.1 Å². The van der Waals surface area contributed by atoms with E-state index in [1.807, 2.05) is 6.07 Å². The Labute approximate surface area is 147 Å². The standard InChI is InChI=1S/C19H20FNO3S/c20-16-4-1-3-14(11-16)12-17-5-2-9-21(17)25(22,23)18-6-7-19-15(13-18)8-10-24-19/h1,3-4,6-7,11,13,17H,2,5,8-10,12H2. The molecule has 2 aromatic rings. The number of nitrogens with zero attached hydrogens (tertiary/aromatic N) is 1. The van der Waals surface area contributed by atoms with E-state index in [0.29, 0.717) is 24.5 Å². The Kier molecular flexibility index (Phi) is 4.25. The Morgan fingerprint density at radius 2 is 2.08 bits per heavy atom. The van der Waals surface area contributed by atoms with E-state index in [4.69, 9.17) is 4.74 Å². The van der Waals surface area contributed by atoms with Crippen LogP contribution in [0.3, 0.4) is 0 Å². The van der Waals surface area contributed by atoms with Crippen molar-refractivity contribution >= 4 is 10.0 Å². The van der Waals surface area contributed by atoms with Crippen LogP contribution in [0.1, 0.15) is 24.0 Å². The maximum Gasteiger partial charge on any atom is 0.243 e. The second-order valence-corrected chi connectivity index (χ2v) is 8.50. The van der Waals surface area contributed by atoms with Gasteiger partial charge < -0.3 is 4.74 Å². The third-order valence-corrected chi connectivity index (χ3v) is 6.90. The number of hydrogen-bond acceptors (Lipinski definition) is 3. The van der Waals surface area contributed by atoms with Crippen molar-refractivity contribution in [1.29, 1.82) is 0 Å². The lowest BCUT2D eigenvalue weighted by Gasteiger charge is -2.24. The highest BCUT2D eigenvalue weighted by Gasteiger charge is 2.35. The van der Waals surface area contributed by atoms with Crippen LogP contribution < -0.4 is 4.74 Å². The van der Waals surface area contributed by atoms with Crippen LogP contribution in [0.4, 0.5) is 4.39 Å². The molecule has 2 heterocycles. The number of halogens is 1. The highest BCUT2D eigenvalue weighted by Crippen LogP contribution is 2.32. The van der Waals surface area contributed by atoms with Gasteiger partial charge in [0.25, 0.3) is 0 Å². The van der Waals surface area contributed by atoms with E-state index < -0.39 is 10.0 Å². The first-order valence-electron chi connectivity index (χ1n) is 8.56. The molecule has 0 saturated carbocycles. The lowest BCUT2D eigenvalue weighted by atomic mass is 10.0. The van der Waals surface area contributed by atoms with E-state index >= 15 is 0 Å². The zero-order valence-corrected chi connectivity index (χ0v) is 14.6. The molecule has 6 heteroatoms. The molecule has 0 bridgehead atoms. The summed E-state index contributed by atoms with van der Waals surface area (Å²) in [5.74, 6) is 0.486. The zero-order valence-electron chi connectivity index (χ0n) is 13.8. The van der Waals surface area contributed by atoms with Crippen molar-refractivity contribution in [1.82, 2.24) is 4.31 Å². The average molecular weight is 361 g/mol. The van der Waals surface area contributed by atoms with Gasteiger partial charge in [-0.15, -0.1) is 0 Å². The fourth-order valence-electron chi connectivity index (χ4n) is 3.72. The van der Waals surface area contributed by atoms with Gasteiger partial charge in [0.15, 0.2) is 0 Å². The lowest BCUT2D eigenvalue weighted by molar-refractivity contribution is 0.356. The fraction of sp³-hybridized carbons (Fsp3) is 0.368. The Morgan fingerprint density at radius 3 is 2.92 bits per heavy atom. The van der Waals surface area contributed by atoms with Gasteiger partial charge in [-0.3, -0.25) is 0 Å². The van der Waals surface area contributed by atoms with Crippen molar-refractivity contribution in [3.63, 3.8) is 0 Å². The number of sulfonamides is 1. The van der Waals surface area contributed by atoms with Gasteiger partial charge in [-0.2, -0.15) is 4.31 Å². The molecule has 4 nitrogen and oxygen atoms in total. The van der Waals surface area contributed by atoms with Crippen LogP contribution in [0.5, 0.6) is 5.75 Å². The maximum atomic E-state index is 13.4. The van der Waals surface area contributed by atoms with Gasteiger partial charge in [0.05, 0.1) is 11.5 Å². The molecule has 0 spiro atoms. The lowest BCUT2D eigenvalue weighted by Crippen LogP contribution is -2.36. The molecule has 1 atom stereocenters. The molecule has 0 aliphatic carbocycles. The third-order valence-electron chi connectivity index (χ3n) is 4.95. The zero-order chi connectivity index (χ0) is 17.4. The van der Waals surface area contributed by atoms with Gasteiger partial charge in [-0.25, -0.2) is 12.8 Å². The second-order valence-electron chi connectivity index (χ2n) is 6.61. The first-order valence-corrected chi connectivity index (χ1v) is 10.00. The highest BCUT2D eigenvalue weighted by molar-refractivity contribution is 7.89. The molecule has 2 aliphatic heterocycles. The van der Waals surface area contributed by atoms with Crippen molar-refractivity contribution in [3.8, 4) is 5.75 Å². The number of fused-ring (bicyclic) bond motifs is 1. The molecule has 2 aromatic carbocycles. The topological polar surface area (TPSA) is 46.6 Å². The van der Waals surface area contributed by atoms with Gasteiger partial charge >= 0.3 is 0 Å². The molecule has 2 aliphatic rings. The van der Waals surface area contributed by atoms with Crippen LogP contribution in [0.2, 0.25) is 0 Å². The second kappa shape index (κ2) is 6.42. The van der Waals surface area contributed by atoms with E-state index in [9.17, 15) is 12.8 Å². The summed E-state index contributed by atoms with van der Waals surface area (Å²) in [5.41, 5.74) is 1.77. The summed E-state index contributed by atoms with van der Waals surface area (Å²) < 4.78 is 46.7. The number of ether oxygens (including phenoxy) is 1. The normalized spacial score (nSPS) is 20.4. The summed E-state index contributed by atoms with van der Waals surface area (Å²) in [5, 5.41) is 0. The first kappa shape index (κ1) is 16.5. The number of hydrogen-bond donors (Lipinski definition) is 0. The summed E-state index contributed by atoms with van der Waals surface area (Å²) in [4.78, 5) is 0.322. The molecule has 0 radical (unpaired) electrons. The van der Waals surface area contributed by atoms with Crippen molar-refractivity contribution < 1.29 is 17.5 Å². The molecule has 132 valence electrons. The summed E-state index contributed by atoms with van der Waals surface area (Å²) in [6.07, 6.45) is 2.90. The summed E-state index contributed by atoms with van der Waals surface area (Å²) >= 11 is 0. The first-order chi connectivity index (χ1) is 12.0. The minimum Gasteiger partial charge on any atom is -0.493 e. The highest BCUT2D eigenvalue weighted by atomic mass is 32.2. The Balaban J connectivity index is 1.60. The van der Waals surface area contributed by atoms with E-state index in [-0.39, 0.29) is 11.9 Å². The Morgan fingerprint density at radius 1 is 1.20 bits per heavy atom. The molecular weight excluding hydrogens is 341 g/mol. The summed E-state index contributed by atoms with van der Waals surface area (Å²) in [6, 6.07) is 11.4. The molecule has 0 aromatic heterocycles. The van der Waals surface area contributed by atoms with Crippen LogP contribution in [-0.2, 0) is 22.9 Å². The smallest absolute Gasteiger partial charge is 0.243 e. The molecule has 1 unspecified atom stereocenters.